The Bertz CT molecular complexity index is 480. The first-order chi connectivity index (χ1) is 10.1. The molecule has 0 saturated heterocycles. The molecule has 1 aromatic rings. The van der Waals surface area contributed by atoms with Crippen LogP contribution < -0.4 is 10.6 Å². The van der Waals surface area contributed by atoms with Crippen molar-refractivity contribution in [1.29, 1.82) is 0 Å². The number of rotatable bonds is 8. The van der Waals surface area contributed by atoms with Crippen LogP contribution in [0.15, 0.2) is 0 Å². The van der Waals surface area contributed by atoms with Crippen molar-refractivity contribution < 1.29 is 4.79 Å². The van der Waals surface area contributed by atoms with Gasteiger partial charge in [-0.1, -0.05) is 18.3 Å². The fraction of sp³-hybridized carbons (Fsp3) is 0.733. The molecule has 1 aromatic heterocycles. The topological polar surface area (TPSA) is 62.5 Å². The van der Waals surface area contributed by atoms with Crippen LogP contribution in [-0.2, 0) is 0 Å². The molecule has 1 amide bonds. The second-order valence-electron chi connectivity index (χ2n) is 5.58. The number of hydrogen-bond acceptors (Lipinski definition) is 5. The number of nitrogen functional groups attached to an aromatic ring is 1. The minimum atomic E-state index is 0.0529. The van der Waals surface area contributed by atoms with E-state index in [0.29, 0.717) is 16.6 Å². The quantitative estimate of drug-likeness (QED) is 0.802. The van der Waals surface area contributed by atoms with Crippen LogP contribution in [0.4, 0.5) is 10.9 Å². The van der Waals surface area contributed by atoms with Gasteiger partial charge in [0.2, 0.25) is 0 Å². The van der Waals surface area contributed by atoms with Crippen LogP contribution in [0.3, 0.4) is 0 Å². The van der Waals surface area contributed by atoms with E-state index in [1.807, 2.05) is 4.90 Å². The van der Waals surface area contributed by atoms with Crippen LogP contribution in [0.25, 0.3) is 0 Å². The summed E-state index contributed by atoms with van der Waals surface area (Å²) in [5, 5.41) is 0.851. The van der Waals surface area contributed by atoms with E-state index in [1.54, 1.807) is 0 Å². The zero-order valence-electron chi connectivity index (χ0n) is 13.3. The highest BCUT2D eigenvalue weighted by Crippen LogP contribution is 2.33. The van der Waals surface area contributed by atoms with Gasteiger partial charge in [0.15, 0.2) is 5.13 Å². The lowest BCUT2D eigenvalue weighted by Gasteiger charge is -2.21. The van der Waals surface area contributed by atoms with Crippen molar-refractivity contribution in [3.8, 4) is 0 Å². The van der Waals surface area contributed by atoms with Crippen LogP contribution in [0.1, 0.15) is 49.7 Å². The summed E-state index contributed by atoms with van der Waals surface area (Å²) in [6, 6.07) is 0. The van der Waals surface area contributed by atoms with Crippen molar-refractivity contribution in [3.05, 3.63) is 4.88 Å². The number of thiazole rings is 1. The monoisotopic (exact) mass is 310 g/mol. The third kappa shape index (κ3) is 3.87. The van der Waals surface area contributed by atoms with Crippen molar-refractivity contribution in [1.82, 2.24) is 9.88 Å². The molecule has 0 radical (unpaired) electrons. The molecule has 21 heavy (non-hydrogen) atoms. The number of nitrogens with zero attached hydrogens (tertiary/aromatic N) is 3. The molecule has 0 aromatic carbocycles. The summed E-state index contributed by atoms with van der Waals surface area (Å²) in [6.07, 6.45) is 3.47. The third-order valence-corrected chi connectivity index (χ3v) is 4.95. The molecule has 0 unspecified atom stereocenters. The van der Waals surface area contributed by atoms with E-state index >= 15 is 0 Å². The van der Waals surface area contributed by atoms with Crippen molar-refractivity contribution in [3.63, 3.8) is 0 Å². The predicted octanol–water partition coefficient (Wildman–Crippen LogP) is 2.83. The Balaban J connectivity index is 2.16. The normalized spacial score (nSPS) is 14.2. The second kappa shape index (κ2) is 7.11. The molecule has 1 heterocycles. The fourth-order valence-corrected chi connectivity index (χ4v) is 3.48. The van der Waals surface area contributed by atoms with E-state index in [-0.39, 0.29) is 5.91 Å². The molecule has 0 aliphatic heterocycles. The zero-order chi connectivity index (χ0) is 15.4. The second-order valence-corrected chi connectivity index (χ2v) is 6.56. The maximum absolute atomic E-state index is 12.7. The Morgan fingerprint density at radius 1 is 1.33 bits per heavy atom. The summed E-state index contributed by atoms with van der Waals surface area (Å²) in [4.78, 5) is 21.8. The maximum Gasteiger partial charge on any atom is 0.267 e. The molecular weight excluding hydrogens is 284 g/mol. The molecule has 0 bridgehead atoms. The van der Waals surface area contributed by atoms with Crippen molar-refractivity contribution in [2.24, 2.45) is 5.92 Å². The number of hydrogen-bond donors (Lipinski definition) is 1. The Kier molecular flexibility index (Phi) is 5.45. The Morgan fingerprint density at radius 3 is 2.52 bits per heavy atom. The summed E-state index contributed by atoms with van der Waals surface area (Å²) >= 11 is 1.43. The largest absolute Gasteiger partial charge is 0.382 e. The van der Waals surface area contributed by atoms with Crippen molar-refractivity contribution >= 4 is 28.2 Å². The van der Waals surface area contributed by atoms with Gasteiger partial charge in [0.05, 0.1) is 0 Å². The summed E-state index contributed by atoms with van der Waals surface area (Å²) in [5.41, 5.74) is 6.00. The molecule has 5 nitrogen and oxygen atoms in total. The standard InChI is InChI=1S/C15H26N4OS/c1-4-9-19(10-11-7-8-11)14(20)12-13(16)17-15(21-12)18(5-2)6-3/h11H,4-10,16H2,1-3H3. The van der Waals surface area contributed by atoms with Crippen LogP contribution in [0.5, 0.6) is 0 Å². The molecular formula is C15H26N4OS. The minimum Gasteiger partial charge on any atom is -0.382 e. The van der Waals surface area contributed by atoms with Crippen LogP contribution >= 0.6 is 11.3 Å². The number of carbonyl (C=O) groups excluding carboxylic acids is 1. The lowest BCUT2D eigenvalue weighted by Crippen LogP contribution is -2.33. The average molecular weight is 310 g/mol. The number of carbonyl (C=O) groups is 1. The number of amides is 1. The smallest absolute Gasteiger partial charge is 0.267 e. The SMILES string of the molecule is CCCN(CC1CC1)C(=O)c1sc(N(CC)CC)nc1N. The van der Waals surface area contributed by atoms with Gasteiger partial charge in [-0.25, -0.2) is 4.98 Å². The highest BCUT2D eigenvalue weighted by Gasteiger charge is 2.29. The lowest BCUT2D eigenvalue weighted by molar-refractivity contribution is 0.0753. The molecule has 6 heteroatoms. The summed E-state index contributed by atoms with van der Waals surface area (Å²) in [5.74, 6) is 1.12. The van der Waals surface area contributed by atoms with Gasteiger partial charge in [-0.05, 0) is 39.0 Å². The van der Waals surface area contributed by atoms with Gasteiger partial charge < -0.3 is 15.5 Å². The zero-order valence-corrected chi connectivity index (χ0v) is 14.1. The molecule has 1 aliphatic rings. The van der Waals surface area contributed by atoms with E-state index in [4.69, 9.17) is 5.73 Å². The predicted molar refractivity (Wildman–Crippen MR) is 89.0 cm³/mol. The number of aromatic nitrogens is 1. The third-order valence-electron chi connectivity index (χ3n) is 3.83. The minimum absolute atomic E-state index is 0.0529. The molecule has 0 atom stereocenters. The van der Waals surface area contributed by atoms with E-state index < -0.39 is 0 Å². The number of nitrogens with two attached hydrogens (primary N) is 1. The van der Waals surface area contributed by atoms with Gasteiger partial charge in [0.25, 0.3) is 5.91 Å². The molecule has 1 saturated carbocycles. The van der Waals surface area contributed by atoms with Crippen molar-refractivity contribution in [2.75, 3.05) is 36.8 Å². The van der Waals surface area contributed by atoms with Gasteiger partial charge in [-0.15, -0.1) is 0 Å². The van der Waals surface area contributed by atoms with Gasteiger partial charge in [-0.3, -0.25) is 4.79 Å². The summed E-state index contributed by atoms with van der Waals surface area (Å²) in [7, 11) is 0. The van der Waals surface area contributed by atoms with E-state index in [9.17, 15) is 4.79 Å². The summed E-state index contributed by atoms with van der Waals surface area (Å²) in [6.45, 7) is 9.68. The van der Waals surface area contributed by atoms with Crippen LogP contribution in [-0.4, -0.2) is 42.0 Å². The summed E-state index contributed by atoms with van der Waals surface area (Å²) < 4.78 is 0. The first-order valence-electron chi connectivity index (χ1n) is 7.91. The molecule has 2 rings (SSSR count). The lowest BCUT2D eigenvalue weighted by atomic mass is 10.3. The van der Waals surface area contributed by atoms with Gasteiger partial charge >= 0.3 is 0 Å². The first-order valence-corrected chi connectivity index (χ1v) is 8.72. The van der Waals surface area contributed by atoms with Crippen LogP contribution in [0.2, 0.25) is 0 Å². The molecule has 2 N–H and O–H groups in total. The molecule has 0 spiro atoms. The van der Waals surface area contributed by atoms with E-state index in [0.717, 1.165) is 37.7 Å². The Morgan fingerprint density at radius 2 is 2.00 bits per heavy atom. The fourth-order valence-electron chi connectivity index (χ4n) is 2.40. The van der Waals surface area contributed by atoms with E-state index in [2.05, 4.69) is 30.7 Å². The first kappa shape index (κ1) is 16.1. The van der Waals surface area contributed by atoms with Gasteiger partial charge in [0, 0.05) is 26.2 Å². The van der Waals surface area contributed by atoms with E-state index in [1.165, 1.54) is 24.2 Å². The van der Waals surface area contributed by atoms with Gasteiger partial charge in [0.1, 0.15) is 10.7 Å². The van der Waals surface area contributed by atoms with Gasteiger partial charge in [-0.2, -0.15) is 0 Å². The average Bonchev–Trinajstić information content (AvgIpc) is 3.21. The number of anilines is 2. The maximum atomic E-state index is 12.7. The highest BCUT2D eigenvalue weighted by atomic mass is 32.1. The molecule has 1 aliphatic carbocycles. The molecule has 118 valence electrons. The Hall–Kier alpha value is -1.30. The highest BCUT2D eigenvalue weighted by molar-refractivity contribution is 7.18. The Labute approximate surface area is 131 Å². The van der Waals surface area contributed by atoms with Crippen molar-refractivity contribution in [2.45, 2.75) is 40.0 Å². The molecule has 1 fully saturated rings. The van der Waals surface area contributed by atoms with Crippen LogP contribution in [0, 0.1) is 5.92 Å².